The first-order chi connectivity index (χ1) is 1.73. The van der Waals surface area contributed by atoms with Gasteiger partial charge < -0.3 is 0 Å². The molecule has 0 bridgehead atoms. The van der Waals surface area contributed by atoms with Crippen molar-refractivity contribution in [3.05, 3.63) is 0 Å². The zero-order valence-corrected chi connectivity index (χ0v) is 6.01. The quantitative estimate of drug-likeness (QED) is 0.419. The van der Waals surface area contributed by atoms with Crippen molar-refractivity contribution in [2.45, 2.75) is 0 Å². The van der Waals surface area contributed by atoms with Crippen molar-refractivity contribution >= 4 is 15.1 Å². The van der Waals surface area contributed by atoms with Gasteiger partial charge in [0.2, 0.25) is 0 Å². The van der Waals surface area contributed by atoms with Gasteiger partial charge in [-0.2, -0.15) is 0 Å². The Hall–Kier alpha value is 1.44. The molecule has 0 spiro atoms. The van der Waals surface area contributed by atoms with Gasteiger partial charge in [0.25, 0.3) is 0 Å². The van der Waals surface area contributed by atoms with Crippen LogP contribution >= 0.6 is 15.1 Å². The monoisotopic (exact) mass is 185 g/mol. The topological polar surface area (TPSA) is 26.0 Å². The molecule has 0 amide bonds. The Balaban J connectivity index is 2.32. The number of nitrogens with two attached hydrogens (primary N) is 1. The van der Waals surface area contributed by atoms with E-state index in [1.165, 1.54) is 0 Å². The molecule has 0 aromatic rings. The van der Waals surface area contributed by atoms with Crippen LogP contribution in [-0.2, 0) is 15.2 Å². The SMILES string of the molecule is [NH2][Rh]([PH2])[PH2]. The fraction of sp³-hybridized carbons (Fsp3) is 0. The predicted octanol–water partition coefficient (Wildman–Crippen LogP) is 0.0585. The molecule has 0 radical (unpaired) electrons. The van der Waals surface area contributed by atoms with Crippen molar-refractivity contribution in [3.8, 4) is 0 Å². The third-order valence-electron chi connectivity index (χ3n) is 0. The second kappa shape index (κ2) is 2.67. The summed E-state index contributed by atoms with van der Waals surface area (Å²) in [7, 11) is 5.06. The summed E-state index contributed by atoms with van der Waals surface area (Å²) in [5.41, 5.74) is 0. The van der Waals surface area contributed by atoms with Crippen LogP contribution in [0.5, 0.6) is 0 Å². The molecule has 2 unspecified atom stereocenters. The van der Waals surface area contributed by atoms with E-state index in [-0.39, 0.29) is 0 Å². The van der Waals surface area contributed by atoms with E-state index >= 15 is 0 Å². The van der Waals surface area contributed by atoms with Gasteiger partial charge in [-0.25, -0.2) is 0 Å². The van der Waals surface area contributed by atoms with Crippen LogP contribution in [-0.4, -0.2) is 0 Å². The summed E-state index contributed by atoms with van der Waals surface area (Å²) in [6, 6.07) is 0. The van der Waals surface area contributed by atoms with E-state index < -0.39 is 15.2 Å². The Labute approximate surface area is 35.3 Å². The van der Waals surface area contributed by atoms with Gasteiger partial charge in [-0.05, 0) is 0 Å². The zero-order chi connectivity index (χ0) is 3.58. The van der Waals surface area contributed by atoms with Gasteiger partial charge in [-0.1, -0.05) is 0 Å². The molecule has 0 aliphatic carbocycles. The van der Waals surface area contributed by atoms with E-state index in [2.05, 4.69) is 15.1 Å². The number of hydrogen-bond donors (Lipinski definition) is 1. The summed E-state index contributed by atoms with van der Waals surface area (Å²) >= 11 is -0.743. The molecule has 0 aromatic carbocycles. The van der Waals surface area contributed by atoms with E-state index in [0.717, 1.165) is 0 Å². The Morgan fingerprint density at radius 1 is 1.50 bits per heavy atom. The Bertz CT molecular complexity index is 10.8. The molecule has 2 N–H and O–H groups in total. The molecule has 0 aliphatic rings. The fourth-order valence-electron chi connectivity index (χ4n) is 0. The average Bonchev–Trinajstić information content (AvgIpc) is 0.811. The van der Waals surface area contributed by atoms with Crippen LogP contribution in [0.4, 0.5) is 0 Å². The normalized spacial score (nSPS) is 11.2. The van der Waals surface area contributed by atoms with Crippen molar-refractivity contribution < 1.29 is 15.2 Å². The predicted molar refractivity (Wildman–Crippen MR) is 23.6 cm³/mol. The Kier molecular flexibility index (Phi) is 3.63. The molecule has 0 rings (SSSR count). The molecule has 0 saturated heterocycles. The zero-order valence-electron chi connectivity index (χ0n) is 2.07. The summed E-state index contributed by atoms with van der Waals surface area (Å²) in [5, 5.41) is 0. The molecular weight excluding hydrogens is 179 g/mol. The van der Waals surface area contributed by atoms with Gasteiger partial charge in [0.05, 0.1) is 0 Å². The fourth-order valence-corrected chi connectivity index (χ4v) is 0. The van der Waals surface area contributed by atoms with Crippen molar-refractivity contribution in [3.63, 3.8) is 0 Å². The summed E-state index contributed by atoms with van der Waals surface area (Å²) in [6.07, 6.45) is 0. The van der Waals surface area contributed by atoms with Gasteiger partial charge in [0, 0.05) is 0 Å². The van der Waals surface area contributed by atoms with Crippen LogP contribution in [0, 0.1) is 0 Å². The summed E-state index contributed by atoms with van der Waals surface area (Å²) in [5.74, 6) is 0. The third-order valence-corrected chi connectivity index (χ3v) is 0. The van der Waals surface area contributed by atoms with Crippen LogP contribution in [0.2, 0.25) is 0 Å². The Morgan fingerprint density at radius 3 is 1.50 bits per heavy atom. The van der Waals surface area contributed by atoms with Gasteiger partial charge in [-0.15, -0.1) is 0 Å². The first-order valence-corrected chi connectivity index (χ1v) is 7.97. The van der Waals surface area contributed by atoms with Crippen molar-refractivity contribution in [1.82, 2.24) is 0 Å². The molecule has 30 valence electrons. The number of rotatable bonds is 0. The molecule has 0 aromatic heterocycles. The summed E-state index contributed by atoms with van der Waals surface area (Å²) < 4.78 is 5.17. The molecule has 4 heteroatoms. The Morgan fingerprint density at radius 2 is 1.50 bits per heavy atom. The van der Waals surface area contributed by atoms with Crippen LogP contribution in [0.3, 0.4) is 0 Å². The van der Waals surface area contributed by atoms with E-state index in [1.807, 2.05) is 0 Å². The first kappa shape index (κ1) is 5.44. The molecule has 0 aliphatic heterocycles. The molecule has 0 saturated carbocycles. The van der Waals surface area contributed by atoms with Crippen molar-refractivity contribution in [1.29, 1.82) is 0 Å². The molecule has 2 atom stereocenters. The van der Waals surface area contributed by atoms with E-state index in [0.29, 0.717) is 0 Å². The maximum atomic E-state index is 5.17. The maximum absolute atomic E-state index is 5.17. The van der Waals surface area contributed by atoms with Gasteiger partial charge in [0.15, 0.2) is 0 Å². The van der Waals surface area contributed by atoms with E-state index in [4.69, 9.17) is 4.48 Å². The van der Waals surface area contributed by atoms with Crippen molar-refractivity contribution in [2.75, 3.05) is 0 Å². The molecular formula is H6NP2Rh. The van der Waals surface area contributed by atoms with Crippen LogP contribution in [0.15, 0.2) is 0 Å². The summed E-state index contributed by atoms with van der Waals surface area (Å²) in [6.45, 7) is 0. The summed E-state index contributed by atoms with van der Waals surface area (Å²) in [4.78, 5) is 0. The molecule has 0 heterocycles. The van der Waals surface area contributed by atoms with Gasteiger partial charge in [0.1, 0.15) is 0 Å². The minimum atomic E-state index is -0.743. The van der Waals surface area contributed by atoms with E-state index in [9.17, 15) is 0 Å². The van der Waals surface area contributed by atoms with Gasteiger partial charge in [-0.3, -0.25) is 0 Å². The third kappa shape index (κ3) is 9.87. The van der Waals surface area contributed by atoms with Crippen LogP contribution in [0.1, 0.15) is 0 Å². The van der Waals surface area contributed by atoms with Crippen molar-refractivity contribution in [2.24, 2.45) is 4.48 Å². The second-order valence-electron chi connectivity index (χ2n) is 0.333. The number of hydrogen-bond acceptors (Lipinski definition) is 1. The minimum absolute atomic E-state index is 0.743. The standard InChI is InChI=1S/H2N.2H2P.Rh/h3*1H2;/q3*-1;+3. The second-order valence-corrected chi connectivity index (χ2v) is 9.86. The van der Waals surface area contributed by atoms with Crippen LogP contribution in [0.25, 0.3) is 0 Å². The molecule has 1 nitrogen and oxygen atoms in total. The molecule has 4 heavy (non-hydrogen) atoms. The average molecular weight is 185 g/mol. The molecule has 0 fully saturated rings. The van der Waals surface area contributed by atoms with Crippen LogP contribution < -0.4 is 4.48 Å². The first-order valence-electron chi connectivity index (χ1n) is 0.577. The van der Waals surface area contributed by atoms with E-state index in [1.54, 1.807) is 0 Å². The van der Waals surface area contributed by atoms with Gasteiger partial charge >= 0.3 is 34.8 Å².